The fourth-order valence-corrected chi connectivity index (χ4v) is 4.96. The van der Waals surface area contributed by atoms with Crippen LogP contribution < -0.4 is 10.2 Å². The van der Waals surface area contributed by atoms with Crippen molar-refractivity contribution in [3.63, 3.8) is 0 Å². The van der Waals surface area contributed by atoms with Crippen molar-refractivity contribution in [2.75, 3.05) is 11.9 Å². The number of anilines is 1. The minimum absolute atomic E-state index is 0.0734. The van der Waals surface area contributed by atoms with Crippen LogP contribution in [0, 0.1) is 5.82 Å². The average Bonchev–Trinajstić information content (AvgIpc) is 3.72. The summed E-state index contributed by atoms with van der Waals surface area (Å²) in [5, 5.41) is 3.93. The zero-order valence-corrected chi connectivity index (χ0v) is 21.8. The Hall–Kier alpha value is -4.42. The highest BCUT2D eigenvalue weighted by Gasteiger charge is 2.34. The summed E-state index contributed by atoms with van der Waals surface area (Å²) < 4.78 is 19.6. The lowest BCUT2D eigenvalue weighted by Crippen LogP contribution is -2.33. The fourth-order valence-electron chi connectivity index (χ4n) is 4.83. The van der Waals surface area contributed by atoms with E-state index >= 15 is 0 Å². The van der Waals surface area contributed by atoms with E-state index in [0.29, 0.717) is 38.4 Å². The molecule has 1 aromatic heterocycles. The van der Waals surface area contributed by atoms with Crippen molar-refractivity contribution >= 4 is 40.1 Å². The van der Waals surface area contributed by atoms with Gasteiger partial charge in [-0.1, -0.05) is 29.8 Å². The third kappa shape index (κ3) is 4.79. The summed E-state index contributed by atoms with van der Waals surface area (Å²) in [6.45, 7) is 0. The fraction of sp³-hybridized carbons (Fsp3) is 0.125. The molecule has 7 heteroatoms. The van der Waals surface area contributed by atoms with Crippen LogP contribution in [0.5, 0.6) is 0 Å². The molecule has 0 unspecified atom stereocenters. The maximum Gasteiger partial charge on any atom is 0.258 e. The second-order valence-electron chi connectivity index (χ2n) is 9.57. The van der Waals surface area contributed by atoms with Crippen molar-refractivity contribution in [2.45, 2.75) is 18.9 Å². The van der Waals surface area contributed by atoms with Gasteiger partial charge in [-0.15, -0.1) is 0 Å². The van der Waals surface area contributed by atoms with Crippen molar-refractivity contribution < 1.29 is 18.4 Å². The monoisotopic (exact) mass is 538 g/mol. The molecule has 2 amide bonds. The van der Waals surface area contributed by atoms with Gasteiger partial charge >= 0.3 is 0 Å². The van der Waals surface area contributed by atoms with Crippen LogP contribution in [0.15, 0.2) is 95.4 Å². The summed E-state index contributed by atoms with van der Waals surface area (Å²) in [7, 11) is 1.56. The first-order chi connectivity index (χ1) is 18.9. The first-order valence-corrected chi connectivity index (χ1v) is 13.0. The Morgan fingerprint density at radius 3 is 2.28 bits per heavy atom. The highest BCUT2D eigenvalue weighted by molar-refractivity contribution is 6.30. The molecule has 1 aliphatic carbocycles. The number of carbonyl (C=O) groups is 2. The number of nitrogens with zero attached hydrogens (tertiary/aromatic N) is 1. The molecule has 39 heavy (non-hydrogen) atoms. The number of hydrogen-bond donors (Lipinski definition) is 1. The second-order valence-corrected chi connectivity index (χ2v) is 10.0. The van der Waals surface area contributed by atoms with E-state index < -0.39 is 0 Å². The van der Waals surface area contributed by atoms with Gasteiger partial charge in [0, 0.05) is 40.3 Å². The minimum atomic E-state index is -0.371. The third-order valence-electron chi connectivity index (χ3n) is 6.93. The van der Waals surface area contributed by atoms with E-state index in [2.05, 4.69) is 5.32 Å². The molecule has 1 heterocycles. The van der Waals surface area contributed by atoms with E-state index in [4.69, 9.17) is 16.0 Å². The standard InChI is InChI=1S/C32H24ClFN2O3/c1-35-31(37)29-27-18-21(7-16-28(27)39-30(29)19-5-10-24(34)11-6-19)20-3-2-4-22(17-20)32(38)36(26-14-15-26)25-12-8-23(33)9-13-25/h2-13,16-18,26H,14-15H2,1H3,(H,35,37). The summed E-state index contributed by atoms with van der Waals surface area (Å²) in [6.07, 6.45) is 1.92. The van der Waals surface area contributed by atoms with Crippen molar-refractivity contribution in [2.24, 2.45) is 0 Å². The van der Waals surface area contributed by atoms with Crippen molar-refractivity contribution in [3.05, 3.63) is 113 Å². The van der Waals surface area contributed by atoms with Gasteiger partial charge in [0.1, 0.15) is 17.2 Å². The van der Waals surface area contributed by atoms with Crippen LogP contribution in [-0.2, 0) is 0 Å². The van der Waals surface area contributed by atoms with Crippen LogP contribution >= 0.6 is 11.6 Å². The lowest BCUT2D eigenvalue weighted by molar-refractivity contribution is 0.0962. The van der Waals surface area contributed by atoms with Gasteiger partial charge < -0.3 is 14.6 Å². The topological polar surface area (TPSA) is 62.6 Å². The molecule has 1 N–H and O–H groups in total. The molecule has 4 aromatic carbocycles. The van der Waals surface area contributed by atoms with Crippen LogP contribution in [0.4, 0.5) is 10.1 Å². The number of halogens is 2. The number of furan rings is 1. The number of hydrogen-bond acceptors (Lipinski definition) is 3. The lowest BCUT2D eigenvalue weighted by Gasteiger charge is -2.23. The molecular formula is C32H24ClFN2O3. The van der Waals surface area contributed by atoms with E-state index in [1.165, 1.54) is 12.1 Å². The Morgan fingerprint density at radius 1 is 0.897 bits per heavy atom. The Bertz CT molecular complexity index is 1710. The molecule has 0 saturated heterocycles. The molecule has 194 valence electrons. The predicted molar refractivity (Wildman–Crippen MR) is 152 cm³/mol. The van der Waals surface area contributed by atoms with Crippen LogP contribution in [0.2, 0.25) is 5.02 Å². The third-order valence-corrected chi connectivity index (χ3v) is 7.18. The quantitative estimate of drug-likeness (QED) is 0.240. The normalized spacial score (nSPS) is 12.9. The number of rotatable bonds is 6. The highest BCUT2D eigenvalue weighted by Crippen LogP contribution is 2.37. The number of nitrogens with one attached hydrogen (secondary N) is 1. The van der Waals surface area contributed by atoms with E-state index in [-0.39, 0.29) is 23.7 Å². The van der Waals surface area contributed by atoms with Gasteiger partial charge in [-0.05, 0) is 96.8 Å². The first kappa shape index (κ1) is 24.9. The van der Waals surface area contributed by atoms with Crippen molar-refractivity contribution in [1.29, 1.82) is 0 Å². The SMILES string of the molecule is CNC(=O)c1c(-c2ccc(F)cc2)oc2ccc(-c3cccc(C(=O)N(c4ccc(Cl)cc4)C4CC4)c3)cc12. The number of benzene rings is 4. The number of fused-ring (bicyclic) bond motifs is 1. The zero-order chi connectivity index (χ0) is 27.1. The van der Waals surface area contributed by atoms with Crippen molar-refractivity contribution in [3.8, 4) is 22.5 Å². The molecule has 0 spiro atoms. The van der Waals surface area contributed by atoms with Gasteiger partial charge in [-0.2, -0.15) is 0 Å². The summed E-state index contributed by atoms with van der Waals surface area (Å²) in [4.78, 5) is 28.5. The van der Waals surface area contributed by atoms with E-state index in [1.807, 2.05) is 59.5 Å². The molecule has 5 aromatic rings. The predicted octanol–water partition coefficient (Wildman–Crippen LogP) is 7.73. The van der Waals surface area contributed by atoms with Crippen LogP contribution in [0.1, 0.15) is 33.6 Å². The molecule has 1 aliphatic rings. The van der Waals surface area contributed by atoms with Crippen LogP contribution in [-0.4, -0.2) is 24.9 Å². The summed E-state index contributed by atoms with van der Waals surface area (Å²) in [5.74, 6) is -0.384. The van der Waals surface area contributed by atoms with E-state index in [1.54, 1.807) is 31.3 Å². The van der Waals surface area contributed by atoms with Gasteiger partial charge in [0.25, 0.3) is 11.8 Å². The Kier molecular flexibility index (Phi) is 6.41. The molecule has 1 saturated carbocycles. The summed E-state index contributed by atoms with van der Waals surface area (Å²) >= 11 is 6.07. The molecule has 0 radical (unpaired) electrons. The van der Waals surface area contributed by atoms with Gasteiger partial charge in [0.15, 0.2) is 0 Å². The largest absolute Gasteiger partial charge is 0.455 e. The Morgan fingerprint density at radius 2 is 1.59 bits per heavy atom. The maximum absolute atomic E-state index is 13.7. The molecule has 0 bridgehead atoms. The number of amides is 2. The molecular weight excluding hydrogens is 515 g/mol. The van der Waals surface area contributed by atoms with Gasteiger partial charge in [-0.3, -0.25) is 9.59 Å². The maximum atomic E-state index is 13.7. The summed E-state index contributed by atoms with van der Waals surface area (Å²) in [6, 6.07) is 26.4. The van der Waals surface area contributed by atoms with Gasteiger partial charge in [-0.25, -0.2) is 4.39 Å². The van der Waals surface area contributed by atoms with Crippen LogP contribution in [0.3, 0.4) is 0 Å². The van der Waals surface area contributed by atoms with Gasteiger partial charge in [0.05, 0.1) is 5.56 Å². The minimum Gasteiger partial charge on any atom is -0.455 e. The molecule has 5 nitrogen and oxygen atoms in total. The van der Waals surface area contributed by atoms with Crippen LogP contribution in [0.25, 0.3) is 33.4 Å². The van der Waals surface area contributed by atoms with E-state index in [0.717, 1.165) is 29.7 Å². The van der Waals surface area contributed by atoms with Crippen molar-refractivity contribution in [1.82, 2.24) is 5.32 Å². The Labute approximate surface area is 229 Å². The van der Waals surface area contributed by atoms with E-state index in [9.17, 15) is 14.0 Å². The lowest BCUT2D eigenvalue weighted by atomic mass is 9.98. The number of carbonyl (C=O) groups excluding carboxylic acids is 2. The highest BCUT2D eigenvalue weighted by atomic mass is 35.5. The molecule has 0 atom stereocenters. The Balaban J connectivity index is 1.40. The smallest absolute Gasteiger partial charge is 0.258 e. The molecule has 0 aliphatic heterocycles. The molecule has 1 fully saturated rings. The molecule has 6 rings (SSSR count). The second kappa shape index (κ2) is 10.0. The van der Waals surface area contributed by atoms with Gasteiger partial charge in [0.2, 0.25) is 0 Å². The summed E-state index contributed by atoms with van der Waals surface area (Å²) in [5.41, 5.74) is 4.56. The first-order valence-electron chi connectivity index (χ1n) is 12.7. The average molecular weight is 539 g/mol. The zero-order valence-electron chi connectivity index (χ0n) is 21.1.